The van der Waals surface area contributed by atoms with Gasteiger partial charge in [-0.1, -0.05) is 36.4 Å². The molecule has 3 heteroatoms. The van der Waals surface area contributed by atoms with Crippen molar-refractivity contribution in [3.05, 3.63) is 65.9 Å². The molecule has 2 aromatic carbocycles. The van der Waals surface area contributed by atoms with Crippen LogP contribution in [0.25, 0.3) is 11.0 Å². The third kappa shape index (κ3) is 2.52. The van der Waals surface area contributed by atoms with Crippen LogP contribution in [0.3, 0.4) is 0 Å². The van der Waals surface area contributed by atoms with Crippen molar-refractivity contribution >= 4 is 11.0 Å². The summed E-state index contributed by atoms with van der Waals surface area (Å²) in [5.41, 5.74) is 2.21. The predicted octanol–water partition coefficient (Wildman–Crippen LogP) is 3.53. The molecule has 0 saturated heterocycles. The summed E-state index contributed by atoms with van der Waals surface area (Å²) in [6.07, 6.45) is 0.996. The van der Waals surface area contributed by atoms with Gasteiger partial charge in [0.05, 0.1) is 6.54 Å². The third-order valence-corrected chi connectivity index (χ3v) is 3.92. The highest BCUT2D eigenvalue weighted by molar-refractivity contribution is 5.77. The van der Waals surface area contributed by atoms with Crippen LogP contribution < -0.4 is 10.1 Å². The van der Waals surface area contributed by atoms with Crippen molar-refractivity contribution in [2.75, 3.05) is 6.61 Å². The van der Waals surface area contributed by atoms with Crippen molar-refractivity contribution in [3.8, 4) is 5.75 Å². The Kier molecular flexibility index (Phi) is 3.13. The van der Waals surface area contributed by atoms with Gasteiger partial charge in [-0.2, -0.15) is 0 Å². The van der Waals surface area contributed by atoms with E-state index in [0.717, 1.165) is 35.4 Å². The van der Waals surface area contributed by atoms with Gasteiger partial charge in [0.2, 0.25) is 0 Å². The van der Waals surface area contributed by atoms with E-state index in [-0.39, 0.29) is 0 Å². The lowest BCUT2D eigenvalue weighted by atomic mass is 10.0. The molecule has 0 spiro atoms. The summed E-state index contributed by atoms with van der Waals surface area (Å²) in [7, 11) is 0. The van der Waals surface area contributed by atoms with Crippen molar-refractivity contribution < 1.29 is 9.15 Å². The molecule has 4 rings (SSSR count). The molecule has 1 aromatic heterocycles. The second-order valence-corrected chi connectivity index (χ2v) is 5.45. The molecule has 0 fully saturated rings. The van der Waals surface area contributed by atoms with Crippen molar-refractivity contribution in [1.82, 2.24) is 5.32 Å². The van der Waals surface area contributed by atoms with Crippen molar-refractivity contribution in [2.45, 2.75) is 19.0 Å². The van der Waals surface area contributed by atoms with Gasteiger partial charge >= 0.3 is 0 Å². The standard InChI is InChI=1S/C18H17NO2/c1-3-7-17-13(5-1)9-15(12-20-17)19-11-16-10-14-6-2-4-8-18(14)21-16/h1-8,10,15,19H,9,11-12H2. The second-order valence-electron chi connectivity index (χ2n) is 5.45. The van der Waals surface area contributed by atoms with E-state index in [1.165, 1.54) is 5.56 Å². The van der Waals surface area contributed by atoms with Crippen molar-refractivity contribution in [1.29, 1.82) is 0 Å². The van der Waals surface area contributed by atoms with E-state index in [1.54, 1.807) is 0 Å². The predicted molar refractivity (Wildman–Crippen MR) is 82.5 cm³/mol. The first kappa shape index (κ1) is 12.5. The number of nitrogens with one attached hydrogen (secondary N) is 1. The van der Waals surface area contributed by atoms with Crippen LogP contribution in [0, 0.1) is 0 Å². The minimum Gasteiger partial charge on any atom is -0.492 e. The van der Waals surface area contributed by atoms with E-state index in [4.69, 9.17) is 9.15 Å². The monoisotopic (exact) mass is 279 g/mol. The number of para-hydroxylation sites is 2. The summed E-state index contributed by atoms with van der Waals surface area (Å²) in [4.78, 5) is 0. The van der Waals surface area contributed by atoms with Crippen LogP contribution in [-0.4, -0.2) is 12.6 Å². The topological polar surface area (TPSA) is 34.4 Å². The zero-order valence-electron chi connectivity index (χ0n) is 11.7. The first-order valence-corrected chi connectivity index (χ1v) is 7.30. The Labute approximate surface area is 123 Å². The molecule has 1 N–H and O–H groups in total. The fraction of sp³-hybridized carbons (Fsp3) is 0.222. The number of fused-ring (bicyclic) bond motifs is 2. The van der Waals surface area contributed by atoms with Gasteiger partial charge in [-0.15, -0.1) is 0 Å². The van der Waals surface area contributed by atoms with Crippen LogP contribution in [0.1, 0.15) is 11.3 Å². The lowest BCUT2D eigenvalue weighted by Gasteiger charge is -2.25. The minimum atomic E-state index is 0.327. The molecule has 1 aliphatic heterocycles. The van der Waals surface area contributed by atoms with E-state index < -0.39 is 0 Å². The molecule has 3 aromatic rings. The first-order chi connectivity index (χ1) is 10.4. The largest absolute Gasteiger partial charge is 0.492 e. The summed E-state index contributed by atoms with van der Waals surface area (Å²) < 4.78 is 11.6. The van der Waals surface area contributed by atoms with Gasteiger partial charge in [0.15, 0.2) is 0 Å². The van der Waals surface area contributed by atoms with Gasteiger partial charge in [0, 0.05) is 11.4 Å². The zero-order valence-corrected chi connectivity index (χ0v) is 11.7. The average Bonchev–Trinajstić information content (AvgIpc) is 2.95. The minimum absolute atomic E-state index is 0.327. The van der Waals surface area contributed by atoms with E-state index in [1.807, 2.05) is 30.3 Å². The van der Waals surface area contributed by atoms with Gasteiger partial charge in [0.25, 0.3) is 0 Å². The highest BCUT2D eigenvalue weighted by atomic mass is 16.5. The van der Waals surface area contributed by atoms with Crippen LogP contribution in [0.2, 0.25) is 0 Å². The Morgan fingerprint density at radius 2 is 1.90 bits per heavy atom. The van der Waals surface area contributed by atoms with Crippen LogP contribution in [0.15, 0.2) is 59.0 Å². The highest BCUT2D eigenvalue weighted by Gasteiger charge is 2.19. The van der Waals surface area contributed by atoms with Gasteiger partial charge in [-0.05, 0) is 30.2 Å². The molecule has 106 valence electrons. The number of hydrogen-bond acceptors (Lipinski definition) is 3. The molecule has 0 saturated carbocycles. The summed E-state index contributed by atoms with van der Waals surface area (Å²) in [6.45, 7) is 1.43. The highest BCUT2D eigenvalue weighted by Crippen LogP contribution is 2.24. The summed E-state index contributed by atoms with van der Waals surface area (Å²) in [5, 5.41) is 4.67. The normalized spacial score (nSPS) is 17.4. The quantitative estimate of drug-likeness (QED) is 0.796. The number of rotatable bonds is 3. The van der Waals surface area contributed by atoms with E-state index in [9.17, 15) is 0 Å². The lowest BCUT2D eigenvalue weighted by Crippen LogP contribution is -2.38. The summed E-state index contributed by atoms with van der Waals surface area (Å²) >= 11 is 0. The first-order valence-electron chi connectivity index (χ1n) is 7.30. The number of benzene rings is 2. The molecule has 0 amide bonds. The second kappa shape index (κ2) is 5.26. The molecular formula is C18H17NO2. The lowest BCUT2D eigenvalue weighted by molar-refractivity contribution is 0.235. The Morgan fingerprint density at radius 1 is 1.05 bits per heavy atom. The summed E-state index contributed by atoms with van der Waals surface area (Å²) in [5.74, 6) is 1.98. The van der Waals surface area contributed by atoms with Crippen LogP contribution >= 0.6 is 0 Å². The molecule has 0 bridgehead atoms. The zero-order chi connectivity index (χ0) is 14.1. The number of ether oxygens (including phenoxy) is 1. The van der Waals surface area contributed by atoms with Gasteiger partial charge < -0.3 is 14.5 Å². The summed E-state index contributed by atoms with van der Waals surface area (Å²) in [6, 6.07) is 18.8. The fourth-order valence-electron chi connectivity index (χ4n) is 2.83. The smallest absolute Gasteiger partial charge is 0.134 e. The molecular weight excluding hydrogens is 262 g/mol. The van der Waals surface area contributed by atoms with Crippen LogP contribution in [0.4, 0.5) is 0 Å². The Hall–Kier alpha value is -2.26. The van der Waals surface area contributed by atoms with E-state index >= 15 is 0 Å². The van der Waals surface area contributed by atoms with E-state index in [2.05, 4.69) is 29.6 Å². The molecule has 1 aliphatic rings. The van der Waals surface area contributed by atoms with Crippen molar-refractivity contribution in [2.24, 2.45) is 0 Å². The van der Waals surface area contributed by atoms with Crippen molar-refractivity contribution in [3.63, 3.8) is 0 Å². The Morgan fingerprint density at radius 3 is 2.86 bits per heavy atom. The number of hydrogen-bond donors (Lipinski definition) is 1. The molecule has 3 nitrogen and oxygen atoms in total. The van der Waals surface area contributed by atoms with Gasteiger partial charge in [0.1, 0.15) is 23.7 Å². The third-order valence-electron chi connectivity index (χ3n) is 3.92. The maximum atomic E-state index is 5.83. The Balaban J connectivity index is 1.43. The molecule has 1 unspecified atom stereocenters. The van der Waals surface area contributed by atoms with Crippen LogP contribution in [0.5, 0.6) is 5.75 Å². The van der Waals surface area contributed by atoms with E-state index in [0.29, 0.717) is 12.6 Å². The number of furan rings is 1. The maximum Gasteiger partial charge on any atom is 0.134 e. The molecule has 0 radical (unpaired) electrons. The maximum absolute atomic E-state index is 5.83. The molecule has 2 heterocycles. The molecule has 0 aliphatic carbocycles. The molecule has 21 heavy (non-hydrogen) atoms. The van der Waals surface area contributed by atoms with Gasteiger partial charge in [-0.3, -0.25) is 0 Å². The Bertz CT molecular complexity index is 730. The average molecular weight is 279 g/mol. The SMILES string of the molecule is c1ccc2c(c1)CC(NCc1cc3ccccc3o1)CO2. The molecule has 1 atom stereocenters. The van der Waals surface area contributed by atoms with Gasteiger partial charge in [-0.25, -0.2) is 0 Å². The fourth-order valence-corrected chi connectivity index (χ4v) is 2.83. The van der Waals surface area contributed by atoms with Crippen LogP contribution in [-0.2, 0) is 13.0 Å².